The summed E-state index contributed by atoms with van der Waals surface area (Å²) in [5.41, 5.74) is 3.73. The number of hydrogen-bond donors (Lipinski definition) is 2. The van der Waals surface area contributed by atoms with Crippen molar-refractivity contribution in [2.75, 3.05) is 7.11 Å². The predicted molar refractivity (Wildman–Crippen MR) is 100 cm³/mol. The van der Waals surface area contributed by atoms with Crippen molar-refractivity contribution in [1.29, 1.82) is 0 Å². The van der Waals surface area contributed by atoms with Crippen molar-refractivity contribution in [3.8, 4) is 17.0 Å². The van der Waals surface area contributed by atoms with Crippen LogP contribution < -0.4 is 4.74 Å². The Morgan fingerprint density at radius 1 is 1.27 bits per heavy atom. The number of benzene rings is 2. The zero-order valence-electron chi connectivity index (χ0n) is 15.1. The van der Waals surface area contributed by atoms with Crippen molar-refractivity contribution in [2.45, 2.75) is 32.6 Å². The molecule has 2 aromatic carbocycles. The summed E-state index contributed by atoms with van der Waals surface area (Å²) in [4.78, 5) is 14.7. The molecule has 0 aliphatic carbocycles. The molecule has 0 amide bonds. The molecular weight excluding hydrogens is 333 g/mol. The van der Waals surface area contributed by atoms with Crippen molar-refractivity contribution in [3.05, 3.63) is 53.3 Å². The molecule has 4 nitrogen and oxygen atoms in total. The van der Waals surface area contributed by atoms with Crippen molar-refractivity contribution in [3.63, 3.8) is 0 Å². The summed E-state index contributed by atoms with van der Waals surface area (Å²) in [6.07, 6.45) is 0.841. The van der Waals surface area contributed by atoms with Crippen LogP contribution in [0.3, 0.4) is 0 Å². The third-order valence-electron chi connectivity index (χ3n) is 4.87. The largest absolute Gasteiger partial charge is 0.496 e. The number of aromatic nitrogens is 1. The van der Waals surface area contributed by atoms with E-state index in [0.29, 0.717) is 28.5 Å². The Morgan fingerprint density at radius 3 is 2.69 bits per heavy atom. The van der Waals surface area contributed by atoms with Crippen LogP contribution in [0.4, 0.5) is 4.39 Å². The number of carboxylic acids is 1. The normalized spacial score (nSPS) is 12.3. The van der Waals surface area contributed by atoms with E-state index in [0.717, 1.165) is 22.9 Å². The second-order valence-corrected chi connectivity index (χ2v) is 6.51. The van der Waals surface area contributed by atoms with Crippen LogP contribution in [0.15, 0.2) is 36.4 Å². The molecule has 1 atom stereocenters. The number of nitrogens with one attached hydrogen (secondary N) is 1. The lowest BCUT2D eigenvalue weighted by molar-refractivity contribution is -0.136. The van der Waals surface area contributed by atoms with Crippen molar-refractivity contribution < 1.29 is 19.0 Å². The minimum atomic E-state index is -0.934. The van der Waals surface area contributed by atoms with Crippen LogP contribution in [-0.4, -0.2) is 23.2 Å². The molecule has 0 spiro atoms. The molecule has 1 unspecified atom stereocenters. The number of methoxy groups -OCH3 is 1. The number of carbonyl (C=O) groups is 1. The van der Waals surface area contributed by atoms with Crippen LogP contribution in [-0.2, 0) is 11.2 Å². The molecule has 3 rings (SSSR count). The van der Waals surface area contributed by atoms with Gasteiger partial charge in [0.05, 0.1) is 19.2 Å². The molecule has 1 aromatic heterocycles. The monoisotopic (exact) mass is 355 g/mol. The highest BCUT2D eigenvalue weighted by atomic mass is 19.1. The highest BCUT2D eigenvalue weighted by molar-refractivity contribution is 5.95. The van der Waals surface area contributed by atoms with E-state index in [1.54, 1.807) is 6.07 Å². The highest BCUT2D eigenvalue weighted by Crippen LogP contribution is 2.37. The van der Waals surface area contributed by atoms with E-state index in [1.807, 2.05) is 18.2 Å². The summed E-state index contributed by atoms with van der Waals surface area (Å²) >= 11 is 0. The van der Waals surface area contributed by atoms with E-state index in [1.165, 1.54) is 19.2 Å². The molecule has 26 heavy (non-hydrogen) atoms. The summed E-state index contributed by atoms with van der Waals surface area (Å²) in [6.45, 7) is 4.26. The Hall–Kier alpha value is -2.82. The van der Waals surface area contributed by atoms with Gasteiger partial charge in [-0.2, -0.15) is 0 Å². The van der Waals surface area contributed by atoms with Gasteiger partial charge in [0.25, 0.3) is 0 Å². The van der Waals surface area contributed by atoms with Gasteiger partial charge in [-0.1, -0.05) is 19.9 Å². The van der Waals surface area contributed by atoms with Gasteiger partial charge in [0.2, 0.25) is 0 Å². The van der Waals surface area contributed by atoms with Crippen LogP contribution in [0.2, 0.25) is 0 Å². The summed E-state index contributed by atoms with van der Waals surface area (Å²) in [6, 6.07) is 10.3. The molecule has 0 aliphatic rings. The first-order chi connectivity index (χ1) is 12.4. The molecule has 1 heterocycles. The van der Waals surface area contributed by atoms with Crippen LogP contribution in [0.5, 0.6) is 5.75 Å². The topological polar surface area (TPSA) is 62.3 Å². The number of aromatic amines is 1. The molecule has 5 heteroatoms. The zero-order chi connectivity index (χ0) is 18.8. The van der Waals surface area contributed by atoms with E-state index < -0.39 is 11.8 Å². The third kappa shape index (κ3) is 3.29. The highest BCUT2D eigenvalue weighted by Gasteiger charge is 2.20. The molecular formula is C21H22FNO3. The third-order valence-corrected chi connectivity index (χ3v) is 4.87. The van der Waals surface area contributed by atoms with E-state index in [2.05, 4.69) is 18.8 Å². The molecule has 0 radical (unpaired) electrons. The van der Waals surface area contributed by atoms with Gasteiger partial charge in [0, 0.05) is 16.5 Å². The zero-order valence-corrected chi connectivity index (χ0v) is 15.1. The number of rotatable bonds is 6. The molecule has 3 aromatic rings. The van der Waals surface area contributed by atoms with Crippen LogP contribution in [0.25, 0.3) is 22.2 Å². The standard InChI is InChI=1S/C21H22FNO3/c1-4-12(2)13-5-7-18-15(9-13)16(11-20(24)25)21(23-18)17-10-14(22)6-8-19(17)26-3/h5-10,12,23H,4,11H2,1-3H3,(H,24,25). The summed E-state index contributed by atoms with van der Waals surface area (Å²) in [5.74, 6) is -0.469. The molecule has 136 valence electrons. The molecule has 0 saturated heterocycles. The number of aliphatic carboxylic acids is 1. The number of ether oxygens (including phenoxy) is 1. The fourth-order valence-corrected chi connectivity index (χ4v) is 3.25. The number of fused-ring (bicyclic) bond motifs is 1. The van der Waals surface area contributed by atoms with Crippen LogP contribution >= 0.6 is 0 Å². The van der Waals surface area contributed by atoms with Crippen molar-refractivity contribution in [2.24, 2.45) is 0 Å². The van der Waals surface area contributed by atoms with Gasteiger partial charge in [-0.3, -0.25) is 4.79 Å². The summed E-state index contributed by atoms with van der Waals surface area (Å²) in [7, 11) is 1.51. The Morgan fingerprint density at radius 2 is 2.04 bits per heavy atom. The average molecular weight is 355 g/mol. The Balaban J connectivity index is 2.28. The van der Waals surface area contributed by atoms with E-state index in [-0.39, 0.29) is 6.42 Å². The Bertz CT molecular complexity index is 961. The maximum atomic E-state index is 13.8. The second-order valence-electron chi connectivity index (χ2n) is 6.51. The minimum Gasteiger partial charge on any atom is -0.496 e. The summed E-state index contributed by atoms with van der Waals surface area (Å²) < 4.78 is 19.2. The lowest BCUT2D eigenvalue weighted by Crippen LogP contribution is -2.02. The quantitative estimate of drug-likeness (QED) is 0.645. The molecule has 0 bridgehead atoms. The Labute approximate surface area is 151 Å². The predicted octanol–water partition coefficient (Wildman–Crippen LogP) is 5.12. The van der Waals surface area contributed by atoms with Crippen molar-refractivity contribution in [1.82, 2.24) is 4.98 Å². The van der Waals surface area contributed by atoms with Gasteiger partial charge in [-0.05, 0) is 53.8 Å². The van der Waals surface area contributed by atoms with Gasteiger partial charge in [-0.25, -0.2) is 4.39 Å². The number of hydrogen-bond acceptors (Lipinski definition) is 2. The molecule has 0 saturated carbocycles. The molecule has 0 fully saturated rings. The fourth-order valence-electron chi connectivity index (χ4n) is 3.25. The minimum absolute atomic E-state index is 0.154. The van der Waals surface area contributed by atoms with E-state index in [4.69, 9.17) is 4.74 Å². The maximum Gasteiger partial charge on any atom is 0.307 e. The van der Waals surface area contributed by atoms with Crippen LogP contribution in [0, 0.1) is 5.82 Å². The first-order valence-corrected chi connectivity index (χ1v) is 8.64. The first-order valence-electron chi connectivity index (χ1n) is 8.64. The lowest BCUT2D eigenvalue weighted by Gasteiger charge is -2.10. The second kappa shape index (κ2) is 7.20. The molecule has 0 aliphatic heterocycles. The SMILES string of the molecule is CCC(C)c1ccc2[nH]c(-c3cc(F)ccc3OC)c(CC(=O)O)c2c1. The summed E-state index contributed by atoms with van der Waals surface area (Å²) in [5, 5.41) is 10.3. The smallest absolute Gasteiger partial charge is 0.307 e. The number of halogens is 1. The van der Waals surface area contributed by atoms with E-state index in [9.17, 15) is 14.3 Å². The number of H-pyrrole nitrogens is 1. The van der Waals surface area contributed by atoms with Gasteiger partial charge in [0.15, 0.2) is 0 Å². The number of carboxylic acid groups (broad SMARTS) is 1. The van der Waals surface area contributed by atoms with Crippen LogP contribution in [0.1, 0.15) is 37.3 Å². The molecule has 2 N–H and O–H groups in total. The average Bonchev–Trinajstić information content (AvgIpc) is 2.98. The van der Waals surface area contributed by atoms with Gasteiger partial charge >= 0.3 is 5.97 Å². The van der Waals surface area contributed by atoms with Gasteiger partial charge < -0.3 is 14.8 Å². The first kappa shape index (κ1) is 18.0. The fraction of sp³-hybridized carbons (Fsp3) is 0.286. The van der Waals surface area contributed by atoms with Gasteiger partial charge in [0.1, 0.15) is 11.6 Å². The van der Waals surface area contributed by atoms with Gasteiger partial charge in [-0.15, -0.1) is 0 Å². The van der Waals surface area contributed by atoms with E-state index >= 15 is 0 Å². The maximum absolute atomic E-state index is 13.8. The van der Waals surface area contributed by atoms with Crippen molar-refractivity contribution >= 4 is 16.9 Å². The lowest BCUT2D eigenvalue weighted by atomic mass is 9.95. The Kier molecular flexibility index (Phi) is 4.98.